The molecule has 0 spiro atoms. The van der Waals surface area contributed by atoms with E-state index in [0.29, 0.717) is 15.6 Å². The number of hydrogen-bond donors (Lipinski definition) is 2. The van der Waals surface area contributed by atoms with Crippen molar-refractivity contribution in [1.29, 1.82) is 0 Å². The number of carboxylic acids is 1. The van der Waals surface area contributed by atoms with Crippen molar-refractivity contribution in [3.8, 4) is 0 Å². The van der Waals surface area contributed by atoms with Crippen LogP contribution in [0.3, 0.4) is 0 Å². The minimum absolute atomic E-state index is 0.207. The lowest BCUT2D eigenvalue weighted by molar-refractivity contribution is -0.192. The fraction of sp³-hybridized carbons (Fsp3) is 0.296. The van der Waals surface area contributed by atoms with E-state index in [4.69, 9.17) is 33.1 Å². The number of rotatable bonds is 6. The van der Waals surface area contributed by atoms with Crippen LogP contribution < -0.4 is 5.32 Å². The fourth-order valence-corrected chi connectivity index (χ4v) is 4.23. The van der Waals surface area contributed by atoms with Gasteiger partial charge in [-0.15, -0.1) is 0 Å². The smallest absolute Gasteiger partial charge is 0.475 e. The summed E-state index contributed by atoms with van der Waals surface area (Å²) in [6.45, 7) is 5.99. The summed E-state index contributed by atoms with van der Waals surface area (Å²) in [7, 11) is 0. The molecule has 1 saturated heterocycles. The Hall–Kier alpha value is -3.18. The van der Waals surface area contributed by atoms with Crippen LogP contribution in [0, 0.1) is 0 Å². The molecule has 0 aliphatic carbocycles. The Kier molecular flexibility index (Phi) is 11.1. The molecule has 7 nitrogen and oxygen atoms in total. The molecule has 3 aromatic rings. The number of anilines is 1. The van der Waals surface area contributed by atoms with Crippen LogP contribution in [-0.2, 0) is 17.9 Å². The zero-order valence-electron chi connectivity index (χ0n) is 20.8. The second-order valence-corrected chi connectivity index (χ2v) is 9.67. The molecule has 4 rings (SSSR count). The molecule has 1 amide bonds. The molecule has 0 bridgehead atoms. The number of nitrogens with zero attached hydrogens (tertiary/aromatic N) is 3. The first-order valence-electron chi connectivity index (χ1n) is 12.0. The highest BCUT2D eigenvalue weighted by molar-refractivity contribution is 6.42. The van der Waals surface area contributed by atoms with Crippen LogP contribution in [0.4, 0.5) is 18.9 Å². The minimum Gasteiger partial charge on any atom is -0.475 e. The molecule has 0 atom stereocenters. The van der Waals surface area contributed by atoms with Crippen LogP contribution in [0.1, 0.15) is 27.9 Å². The van der Waals surface area contributed by atoms with Gasteiger partial charge in [0.2, 0.25) is 0 Å². The lowest BCUT2D eigenvalue weighted by atomic mass is 10.1. The molecule has 12 heteroatoms. The molecule has 2 aromatic carbocycles. The van der Waals surface area contributed by atoms with Gasteiger partial charge in [-0.25, -0.2) is 4.79 Å². The van der Waals surface area contributed by atoms with E-state index in [1.807, 2.05) is 36.7 Å². The number of benzene rings is 2. The summed E-state index contributed by atoms with van der Waals surface area (Å²) in [4.78, 5) is 30.7. The van der Waals surface area contributed by atoms with E-state index in [1.165, 1.54) is 11.1 Å². The quantitative estimate of drug-likeness (QED) is 0.372. The van der Waals surface area contributed by atoms with Crippen molar-refractivity contribution in [2.75, 3.05) is 31.5 Å². The lowest BCUT2D eigenvalue weighted by Crippen LogP contribution is -2.30. The van der Waals surface area contributed by atoms with Crippen molar-refractivity contribution in [3.63, 3.8) is 0 Å². The highest BCUT2D eigenvalue weighted by atomic mass is 35.5. The Morgan fingerprint density at radius 3 is 2.13 bits per heavy atom. The predicted molar refractivity (Wildman–Crippen MR) is 144 cm³/mol. The second kappa shape index (κ2) is 14.3. The van der Waals surface area contributed by atoms with Crippen LogP contribution in [-0.4, -0.2) is 64.1 Å². The molecule has 0 radical (unpaired) electrons. The molecule has 1 fully saturated rings. The Balaban J connectivity index is 0.000000532. The highest BCUT2D eigenvalue weighted by Crippen LogP contribution is 2.23. The first kappa shape index (κ1) is 30.4. The highest BCUT2D eigenvalue weighted by Gasteiger charge is 2.38. The first-order valence-corrected chi connectivity index (χ1v) is 12.8. The van der Waals surface area contributed by atoms with E-state index in [-0.39, 0.29) is 5.91 Å². The third-order valence-electron chi connectivity index (χ3n) is 5.83. The zero-order valence-corrected chi connectivity index (χ0v) is 22.3. The molecular formula is C27H27Cl2F3N4O3. The number of carboxylic acid groups (broad SMARTS) is 1. The number of carbonyl (C=O) groups is 2. The fourth-order valence-electron chi connectivity index (χ4n) is 3.94. The third kappa shape index (κ3) is 10.1. The number of alkyl halides is 3. The maximum Gasteiger partial charge on any atom is 0.490 e. The first-order chi connectivity index (χ1) is 18.5. The van der Waals surface area contributed by atoms with Crippen molar-refractivity contribution in [3.05, 3.63) is 93.7 Å². The Morgan fingerprint density at radius 1 is 0.897 bits per heavy atom. The number of amides is 1. The number of aromatic nitrogens is 1. The van der Waals surface area contributed by atoms with Crippen molar-refractivity contribution in [2.45, 2.75) is 25.7 Å². The SMILES string of the molecule is O=C(Nc1cccc(CN2CCCN(Cc3cccnc3)CC2)c1)c1ccc(Cl)c(Cl)c1.O=C(O)C(F)(F)F. The van der Waals surface area contributed by atoms with E-state index >= 15 is 0 Å². The van der Waals surface area contributed by atoms with E-state index in [1.54, 1.807) is 18.2 Å². The molecule has 1 aliphatic rings. The van der Waals surface area contributed by atoms with Gasteiger partial charge in [0.15, 0.2) is 0 Å². The normalized spacial score (nSPS) is 14.6. The van der Waals surface area contributed by atoms with Gasteiger partial charge in [0.05, 0.1) is 10.0 Å². The number of carbonyl (C=O) groups excluding carboxylic acids is 1. The standard InChI is InChI=1S/C25H26Cl2N4O.C2HF3O2/c26-23-8-7-21(15-24(23)27)25(32)29-22-6-1-4-19(14-22)17-30-10-3-11-31(13-12-30)18-20-5-2-9-28-16-20;3-2(4,5)1(6)7/h1-2,4-9,14-16H,3,10-13,17-18H2,(H,29,32);(H,6,7). The minimum atomic E-state index is -5.08. The molecule has 39 heavy (non-hydrogen) atoms. The van der Waals surface area contributed by atoms with Gasteiger partial charge in [0, 0.05) is 49.8 Å². The van der Waals surface area contributed by atoms with Crippen LogP contribution in [0.25, 0.3) is 0 Å². The molecule has 0 unspecified atom stereocenters. The molecule has 1 aliphatic heterocycles. The number of aliphatic carboxylic acids is 1. The van der Waals surface area contributed by atoms with Gasteiger partial charge in [0.1, 0.15) is 0 Å². The molecule has 0 saturated carbocycles. The predicted octanol–water partition coefficient (Wildman–Crippen LogP) is 5.98. The van der Waals surface area contributed by atoms with Gasteiger partial charge < -0.3 is 10.4 Å². The van der Waals surface area contributed by atoms with E-state index in [2.05, 4.69) is 32.2 Å². The van der Waals surface area contributed by atoms with E-state index < -0.39 is 12.1 Å². The van der Waals surface area contributed by atoms with Crippen molar-refractivity contribution < 1.29 is 27.9 Å². The summed E-state index contributed by atoms with van der Waals surface area (Å²) in [6.07, 6.45) is -0.191. The maximum absolute atomic E-state index is 12.6. The summed E-state index contributed by atoms with van der Waals surface area (Å²) in [5, 5.41) is 10.9. The molecule has 1 aromatic heterocycles. The average Bonchev–Trinajstić information content (AvgIpc) is 3.11. The van der Waals surface area contributed by atoms with Gasteiger partial charge in [0.25, 0.3) is 5.91 Å². The summed E-state index contributed by atoms with van der Waals surface area (Å²) in [5.41, 5.74) is 3.68. The zero-order chi connectivity index (χ0) is 28.4. The second-order valence-electron chi connectivity index (χ2n) is 8.85. The van der Waals surface area contributed by atoms with Gasteiger partial charge in [-0.05, 0) is 67.0 Å². The van der Waals surface area contributed by atoms with Gasteiger partial charge in [-0.3, -0.25) is 19.6 Å². The molecular weight excluding hydrogens is 556 g/mol. The summed E-state index contributed by atoms with van der Waals surface area (Å²) in [6, 6.07) is 17.0. The monoisotopic (exact) mass is 582 g/mol. The lowest BCUT2D eigenvalue weighted by Gasteiger charge is -2.22. The number of pyridine rings is 1. The van der Waals surface area contributed by atoms with Crippen LogP contribution in [0.15, 0.2) is 67.0 Å². The summed E-state index contributed by atoms with van der Waals surface area (Å²) in [5.74, 6) is -2.96. The number of hydrogen-bond acceptors (Lipinski definition) is 5. The maximum atomic E-state index is 12.6. The topological polar surface area (TPSA) is 85.8 Å². The third-order valence-corrected chi connectivity index (χ3v) is 6.56. The average molecular weight is 583 g/mol. The summed E-state index contributed by atoms with van der Waals surface area (Å²) >= 11 is 12.0. The van der Waals surface area contributed by atoms with E-state index in [9.17, 15) is 18.0 Å². The van der Waals surface area contributed by atoms with Gasteiger partial charge in [-0.2, -0.15) is 13.2 Å². The number of nitrogens with one attached hydrogen (secondary N) is 1. The van der Waals surface area contributed by atoms with E-state index in [0.717, 1.165) is 51.4 Å². The Morgan fingerprint density at radius 2 is 1.54 bits per heavy atom. The van der Waals surface area contributed by atoms with Gasteiger partial charge in [-0.1, -0.05) is 41.4 Å². The van der Waals surface area contributed by atoms with Crippen molar-refractivity contribution in [2.24, 2.45) is 0 Å². The van der Waals surface area contributed by atoms with Gasteiger partial charge >= 0.3 is 12.1 Å². The summed E-state index contributed by atoms with van der Waals surface area (Å²) < 4.78 is 31.7. The van der Waals surface area contributed by atoms with Crippen molar-refractivity contribution in [1.82, 2.24) is 14.8 Å². The molecule has 2 N–H and O–H groups in total. The largest absolute Gasteiger partial charge is 0.490 e. The molecule has 2 heterocycles. The van der Waals surface area contributed by atoms with Crippen LogP contribution in [0.5, 0.6) is 0 Å². The number of halogens is 5. The van der Waals surface area contributed by atoms with Crippen LogP contribution >= 0.6 is 23.2 Å². The Bertz CT molecular complexity index is 1260. The molecule has 208 valence electrons. The van der Waals surface area contributed by atoms with Crippen LogP contribution in [0.2, 0.25) is 10.0 Å². The Labute approximate surface area is 234 Å². The van der Waals surface area contributed by atoms with Crippen molar-refractivity contribution >= 4 is 40.8 Å².